The minimum absolute atomic E-state index is 0.118. The van der Waals surface area contributed by atoms with Gasteiger partial charge in [-0.05, 0) is 105 Å². The van der Waals surface area contributed by atoms with Crippen molar-refractivity contribution in [2.24, 2.45) is 4.99 Å². The predicted molar refractivity (Wildman–Crippen MR) is 130 cm³/mol. The number of rotatable bonds is 3. The van der Waals surface area contributed by atoms with E-state index < -0.39 is 0 Å². The summed E-state index contributed by atoms with van der Waals surface area (Å²) < 4.78 is 3.23. The molecule has 1 N–H and O–H groups in total. The molecule has 2 aromatic carbocycles. The number of halogens is 1. The van der Waals surface area contributed by atoms with Crippen LogP contribution in [-0.4, -0.2) is 15.6 Å². The number of nitrogens with one attached hydrogen (secondary N) is 1. The van der Waals surface area contributed by atoms with Gasteiger partial charge in [-0.1, -0.05) is 22.0 Å². The van der Waals surface area contributed by atoms with Crippen LogP contribution in [0.5, 0.6) is 0 Å². The second-order valence-electron chi connectivity index (χ2n) is 7.47. The summed E-state index contributed by atoms with van der Waals surface area (Å²) in [6, 6.07) is 16.3. The highest BCUT2D eigenvalue weighted by atomic mass is 79.9. The number of aliphatic imine (C=N–C) groups is 1. The molecule has 0 atom stereocenters. The van der Waals surface area contributed by atoms with Crippen molar-refractivity contribution in [1.29, 1.82) is 0 Å². The molecule has 3 aromatic rings. The van der Waals surface area contributed by atoms with Gasteiger partial charge in [0.15, 0.2) is 5.17 Å². The Morgan fingerprint density at radius 1 is 1.00 bits per heavy atom. The second-order valence-corrected chi connectivity index (χ2v) is 9.41. The van der Waals surface area contributed by atoms with Crippen molar-refractivity contribution in [2.45, 2.75) is 27.7 Å². The summed E-state index contributed by atoms with van der Waals surface area (Å²) in [5.74, 6) is -0.118. The number of hydrogen-bond acceptors (Lipinski definition) is 3. The van der Waals surface area contributed by atoms with Gasteiger partial charge in [0, 0.05) is 21.5 Å². The van der Waals surface area contributed by atoms with Crippen molar-refractivity contribution < 1.29 is 4.79 Å². The molecule has 1 fully saturated rings. The van der Waals surface area contributed by atoms with E-state index in [0.717, 1.165) is 32.8 Å². The first kappa shape index (κ1) is 20.7. The van der Waals surface area contributed by atoms with Crippen LogP contribution in [0.3, 0.4) is 0 Å². The molecule has 0 saturated carbocycles. The zero-order valence-corrected chi connectivity index (χ0v) is 19.7. The van der Waals surface area contributed by atoms with Gasteiger partial charge in [-0.2, -0.15) is 0 Å². The SMILES string of the molecule is Cc1cc(C)cc(-n2c(C)cc(/C=C3/SC(=Nc4ccc(Br)cc4)NC3=O)c2C)c1. The smallest absolute Gasteiger partial charge is 0.264 e. The van der Waals surface area contributed by atoms with Gasteiger partial charge in [-0.25, -0.2) is 4.99 Å². The van der Waals surface area contributed by atoms with Crippen LogP contribution >= 0.6 is 27.7 Å². The molecule has 0 unspecified atom stereocenters. The molecule has 2 heterocycles. The van der Waals surface area contributed by atoms with Crippen LogP contribution in [0.25, 0.3) is 11.8 Å². The van der Waals surface area contributed by atoms with Gasteiger partial charge in [0.2, 0.25) is 0 Å². The van der Waals surface area contributed by atoms with Crippen molar-refractivity contribution in [3.63, 3.8) is 0 Å². The molecule has 1 saturated heterocycles. The Bertz CT molecular complexity index is 1190. The fourth-order valence-corrected chi connectivity index (χ4v) is 4.76. The summed E-state index contributed by atoms with van der Waals surface area (Å²) in [6.07, 6.45) is 1.95. The molecule has 152 valence electrons. The van der Waals surface area contributed by atoms with Crippen LogP contribution in [0, 0.1) is 27.7 Å². The lowest BCUT2D eigenvalue weighted by atomic mass is 10.1. The molecule has 1 aromatic heterocycles. The molecule has 0 radical (unpaired) electrons. The molecule has 4 nitrogen and oxygen atoms in total. The van der Waals surface area contributed by atoms with Gasteiger partial charge in [0.05, 0.1) is 10.6 Å². The fourth-order valence-electron chi connectivity index (χ4n) is 3.67. The van der Waals surface area contributed by atoms with Crippen LogP contribution < -0.4 is 5.32 Å². The van der Waals surface area contributed by atoms with Crippen LogP contribution in [0.1, 0.15) is 28.1 Å². The molecule has 30 heavy (non-hydrogen) atoms. The maximum absolute atomic E-state index is 12.5. The molecule has 0 bridgehead atoms. The van der Waals surface area contributed by atoms with E-state index in [0.29, 0.717) is 10.1 Å². The third-order valence-electron chi connectivity index (χ3n) is 4.93. The lowest BCUT2D eigenvalue weighted by Crippen LogP contribution is -2.19. The molecule has 1 amide bonds. The molecular weight excluding hydrogens is 458 g/mol. The average molecular weight is 480 g/mol. The number of amides is 1. The highest BCUT2D eigenvalue weighted by molar-refractivity contribution is 9.10. The van der Waals surface area contributed by atoms with E-state index in [1.165, 1.54) is 22.9 Å². The third-order valence-corrected chi connectivity index (χ3v) is 6.37. The standard InChI is InChI=1S/C24H22BrN3OS/c1-14-9-15(2)11-21(10-14)28-16(3)12-18(17(28)4)13-22-23(29)27-24(30-22)26-20-7-5-19(25)6-8-20/h5-13H,1-4H3,(H,26,27,29)/b22-13+. The summed E-state index contributed by atoms with van der Waals surface area (Å²) in [6.45, 7) is 8.40. The number of thioether (sulfide) groups is 1. The van der Waals surface area contributed by atoms with Gasteiger partial charge in [-0.15, -0.1) is 0 Å². The summed E-state index contributed by atoms with van der Waals surface area (Å²) in [7, 11) is 0. The predicted octanol–water partition coefficient (Wildman–Crippen LogP) is 6.37. The number of aryl methyl sites for hydroxylation is 3. The Labute approximate surface area is 189 Å². The molecule has 1 aliphatic rings. The normalized spacial score (nSPS) is 16.5. The van der Waals surface area contributed by atoms with Crippen LogP contribution in [0.2, 0.25) is 0 Å². The number of carbonyl (C=O) groups excluding carboxylic acids is 1. The summed E-state index contributed by atoms with van der Waals surface area (Å²) >= 11 is 4.79. The van der Waals surface area contributed by atoms with Crippen molar-refractivity contribution >= 4 is 50.5 Å². The van der Waals surface area contributed by atoms with Gasteiger partial charge in [0.25, 0.3) is 5.91 Å². The van der Waals surface area contributed by atoms with Crippen LogP contribution in [0.15, 0.2) is 62.9 Å². The average Bonchev–Trinajstić information content (AvgIpc) is 3.15. The lowest BCUT2D eigenvalue weighted by molar-refractivity contribution is -0.115. The van der Waals surface area contributed by atoms with Crippen molar-refractivity contribution in [3.05, 3.63) is 86.0 Å². The first-order valence-electron chi connectivity index (χ1n) is 9.63. The molecule has 0 spiro atoms. The van der Waals surface area contributed by atoms with Gasteiger partial charge in [-0.3, -0.25) is 4.79 Å². The number of carbonyl (C=O) groups is 1. The molecule has 4 rings (SSSR count). The highest BCUT2D eigenvalue weighted by Crippen LogP contribution is 2.31. The van der Waals surface area contributed by atoms with E-state index in [9.17, 15) is 4.79 Å². The maximum atomic E-state index is 12.5. The zero-order valence-electron chi connectivity index (χ0n) is 17.3. The van der Waals surface area contributed by atoms with Crippen molar-refractivity contribution in [2.75, 3.05) is 0 Å². The Hall–Kier alpha value is -2.57. The third kappa shape index (κ3) is 4.30. The Morgan fingerprint density at radius 3 is 2.33 bits per heavy atom. The maximum Gasteiger partial charge on any atom is 0.264 e. The summed E-state index contributed by atoms with van der Waals surface area (Å²) in [4.78, 5) is 17.7. The summed E-state index contributed by atoms with van der Waals surface area (Å²) in [5.41, 5.74) is 7.69. The fraction of sp³-hybridized carbons (Fsp3) is 0.167. The van der Waals surface area contributed by atoms with Crippen LogP contribution in [-0.2, 0) is 4.79 Å². The van der Waals surface area contributed by atoms with Gasteiger partial charge in [0.1, 0.15) is 0 Å². The van der Waals surface area contributed by atoms with Gasteiger partial charge < -0.3 is 9.88 Å². The number of aromatic nitrogens is 1. The number of nitrogens with zero attached hydrogens (tertiary/aromatic N) is 2. The van der Waals surface area contributed by atoms with E-state index in [1.807, 2.05) is 30.3 Å². The topological polar surface area (TPSA) is 46.4 Å². The van der Waals surface area contributed by atoms with E-state index in [-0.39, 0.29) is 5.91 Å². The minimum Gasteiger partial charge on any atom is -0.318 e. The van der Waals surface area contributed by atoms with Crippen molar-refractivity contribution in [1.82, 2.24) is 9.88 Å². The van der Waals surface area contributed by atoms with E-state index in [2.05, 4.69) is 82.8 Å². The Morgan fingerprint density at radius 2 is 1.67 bits per heavy atom. The quantitative estimate of drug-likeness (QED) is 0.443. The lowest BCUT2D eigenvalue weighted by Gasteiger charge is -2.12. The Balaban J connectivity index is 1.65. The monoisotopic (exact) mass is 479 g/mol. The number of benzene rings is 2. The second kappa shape index (κ2) is 8.28. The van der Waals surface area contributed by atoms with E-state index in [4.69, 9.17) is 0 Å². The zero-order chi connectivity index (χ0) is 21.4. The molecule has 0 aliphatic carbocycles. The minimum atomic E-state index is -0.118. The first-order chi connectivity index (χ1) is 14.3. The van der Waals surface area contributed by atoms with Gasteiger partial charge >= 0.3 is 0 Å². The number of hydrogen-bond donors (Lipinski definition) is 1. The highest BCUT2D eigenvalue weighted by Gasteiger charge is 2.24. The molecule has 1 aliphatic heterocycles. The Kier molecular flexibility index (Phi) is 5.71. The molecular formula is C24H22BrN3OS. The van der Waals surface area contributed by atoms with E-state index >= 15 is 0 Å². The van der Waals surface area contributed by atoms with Crippen molar-refractivity contribution in [3.8, 4) is 5.69 Å². The first-order valence-corrected chi connectivity index (χ1v) is 11.2. The van der Waals surface area contributed by atoms with Crippen LogP contribution in [0.4, 0.5) is 5.69 Å². The molecule has 6 heteroatoms. The largest absolute Gasteiger partial charge is 0.318 e. The van der Waals surface area contributed by atoms with E-state index in [1.54, 1.807) is 0 Å². The number of amidine groups is 1. The summed E-state index contributed by atoms with van der Waals surface area (Å²) in [5, 5.41) is 3.46.